The van der Waals surface area contributed by atoms with Gasteiger partial charge in [-0.1, -0.05) is 23.2 Å². The minimum atomic E-state index is -0.582. The molecule has 144 valence electrons. The van der Waals surface area contributed by atoms with E-state index < -0.39 is 11.8 Å². The molecule has 0 aromatic heterocycles. The molecule has 2 aromatic rings. The Morgan fingerprint density at radius 3 is 2.37 bits per heavy atom. The van der Waals surface area contributed by atoms with Gasteiger partial charge in [0.05, 0.1) is 23.7 Å². The van der Waals surface area contributed by atoms with E-state index in [0.717, 1.165) is 0 Å². The first-order valence-electron chi connectivity index (χ1n) is 7.44. The molecule has 2 aromatic carbocycles. The number of hydrazine groups is 1. The lowest BCUT2D eigenvalue weighted by molar-refractivity contribution is -0.123. The van der Waals surface area contributed by atoms with E-state index in [9.17, 15) is 9.59 Å². The second kappa shape index (κ2) is 9.68. The highest BCUT2D eigenvalue weighted by molar-refractivity contribution is 9.10. The fourth-order valence-corrected chi connectivity index (χ4v) is 3.39. The van der Waals surface area contributed by atoms with E-state index >= 15 is 0 Å². The zero-order chi connectivity index (χ0) is 20.0. The fourth-order valence-electron chi connectivity index (χ4n) is 2.02. The smallest absolute Gasteiger partial charge is 0.276 e. The van der Waals surface area contributed by atoms with Crippen LogP contribution in [0.25, 0.3) is 0 Å². The number of carbonyl (C=O) groups is 2. The van der Waals surface area contributed by atoms with Crippen molar-refractivity contribution in [2.24, 2.45) is 0 Å². The molecule has 27 heavy (non-hydrogen) atoms. The van der Waals surface area contributed by atoms with Crippen LogP contribution in [0.1, 0.15) is 10.4 Å². The summed E-state index contributed by atoms with van der Waals surface area (Å²) in [6.45, 7) is -0.369. The first-order chi connectivity index (χ1) is 12.8. The minimum Gasteiger partial charge on any atom is -0.493 e. The third kappa shape index (κ3) is 5.66. The number of hydrogen-bond donors (Lipinski definition) is 2. The van der Waals surface area contributed by atoms with Crippen LogP contribution < -0.4 is 25.1 Å². The van der Waals surface area contributed by atoms with Crippen LogP contribution >= 0.6 is 39.1 Å². The van der Waals surface area contributed by atoms with Crippen molar-refractivity contribution < 1.29 is 23.8 Å². The summed E-state index contributed by atoms with van der Waals surface area (Å²) in [6, 6.07) is 7.67. The van der Waals surface area contributed by atoms with Crippen molar-refractivity contribution in [2.75, 3.05) is 20.8 Å². The Balaban J connectivity index is 1.91. The molecule has 2 rings (SSSR count). The molecule has 0 spiro atoms. The molecule has 0 heterocycles. The normalized spacial score (nSPS) is 10.1. The SMILES string of the molecule is COc1ccc(C(=O)NNC(=O)COc2c(Cl)cc(Cl)cc2Br)cc1OC. The van der Waals surface area contributed by atoms with Crippen LogP contribution in [-0.2, 0) is 4.79 Å². The molecule has 0 aliphatic carbocycles. The molecule has 0 aliphatic heterocycles. The summed E-state index contributed by atoms with van der Waals surface area (Å²) in [7, 11) is 2.95. The second-order valence-electron chi connectivity index (χ2n) is 5.06. The number of amides is 2. The molecule has 0 unspecified atom stereocenters. The van der Waals surface area contributed by atoms with E-state index in [0.29, 0.717) is 21.0 Å². The van der Waals surface area contributed by atoms with Gasteiger partial charge in [0, 0.05) is 10.6 Å². The van der Waals surface area contributed by atoms with Gasteiger partial charge in [-0.25, -0.2) is 0 Å². The van der Waals surface area contributed by atoms with Crippen molar-refractivity contribution in [3.63, 3.8) is 0 Å². The van der Waals surface area contributed by atoms with Crippen LogP contribution in [0.15, 0.2) is 34.8 Å². The molecular weight excluding hydrogens is 463 g/mol. The maximum Gasteiger partial charge on any atom is 0.276 e. The second-order valence-corrected chi connectivity index (χ2v) is 6.76. The van der Waals surface area contributed by atoms with Crippen molar-refractivity contribution in [2.45, 2.75) is 0 Å². The first-order valence-corrected chi connectivity index (χ1v) is 8.99. The van der Waals surface area contributed by atoms with E-state index in [-0.39, 0.29) is 22.9 Å². The third-order valence-electron chi connectivity index (χ3n) is 3.27. The van der Waals surface area contributed by atoms with E-state index in [1.165, 1.54) is 32.4 Å². The van der Waals surface area contributed by atoms with Crippen molar-refractivity contribution in [1.29, 1.82) is 0 Å². The van der Waals surface area contributed by atoms with Crippen molar-refractivity contribution in [1.82, 2.24) is 10.9 Å². The van der Waals surface area contributed by atoms with Gasteiger partial charge < -0.3 is 14.2 Å². The zero-order valence-corrected chi connectivity index (χ0v) is 17.4. The van der Waals surface area contributed by atoms with Gasteiger partial charge in [0.25, 0.3) is 11.8 Å². The Morgan fingerprint density at radius 2 is 1.74 bits per heavy atom. The van der Waals surface area contributed by atoms with Crippen LogP contribution in [0, 0.1) is 0 Å². The number of halogens is 3. The van der Waals surface area contributed by atoms with Crippen LogP contribution in [0.5, 0.6) is 17.2 Å². The first kappa shape index (κ1) is 21.1. The summed E-state index contributed by atoms with van der Waals surface area (Å²) in [4.78, 5) is 24.0. The van der Waals surface area contributed by atoms with Gasteiger partial charge in [0.2, 0.25) is 0 Å². The van der Waals surface area contributed by atoms with E-state index in [1.807, 2.05) is 0 Å². The van der Waals surface area contributed by atoms with Crippen LogP contribution in [0.2, 0.25) is 10.0 Å². The summed E-state index contributed by atoms with van der Waals surface area (Å²) < 4.78 is 16.1. The molecular formula is C17H15BrCl2N2O5. The number of carbonyl (C=O) groups excluding carboxylic acids is 2. The Morgan fingerprint density at radius 1 is 1.04 bits per heavy atom. The molecule has 2 amide bonds. The number of nitrogens with one attached hydrogen (secondary N) is 2. The number of rotatable bonds is 6. The maximum atomic E-state index is 12.1. The largest absolute Gasteiger partial charge is 0.493 e. The quantitative estimate of drug-likeness (QED) is 0.620. The molecule has 0 saturated heterocycles. The van der Waals surface area contributed by atoms with Crippen LogP contribution in [0.4, 0.5) is 0 Å². The van der Waals surface area contributed by atoms with E-state index in [4.69, 9.17) is 37.4 Å². The summed E-state index contributed by atoms with van der Waals surface area (Å²) in [5.74, 6) is 0.0260. The Bertz CT molecular complexity index is 840. The van der Waals surface area contributed by atoms with Gasteiger partial charge in [0.1, 0.15) is 0 Å². The molecule has 0 fully saturated rings. The summed E-state index contributed by atoms with van der Waals surface area (Å²) in [6.07, 6.45) is 0. The topological polar surface area (TPSA) is 85.9 Å². The highest BCUT2D eigenvalue weighted by Gasteiger charge is 2.14. The Kier molecular flexibility index (Phi) is 7.58. The molecule has 0 aliphatic rings. The lowest BCUT2D eigenvalue weighted by Gasteiger charge is -2.12. The fraction of sp³-hybridized carbons (Fsp3) is 0.176. The standard InChI is InChI=1S/C17H15BrCl2N2O5/c1-25-13-4-3-9(5-14(13)26-2)17(24)22-21-15(23)8-27-16-11(18)6-10(19)7-12(16)20/h3-7H,8H2,1-2H3,(H,21,23)(H,22,24). The van der Waals surface area contributed by atoms with Crippen molar-refractivity contribution in [3.8, 4) is 17.2 Å². The third-order valence-corrected chi connectivity index (χ3v) is 4.36. The molecule has 0 atom stereocenters. The lowest BCUT2D eigenvalue weighted by atomic mass is 10.2. The Labute approximate surface area is 174 Å². The highest BCUT2D eigenvalue weighted by Crippen LogP contribution is 2.35. The highest BCUT2D eigenvalue weighted by atomic mass is 79.9. The lowest BCUT2D eigenvalue weighted by Crippen LogP contribution is -2.43. The Hall–Kier alpha value is -2.16. The number of ether oxygens (including phenoxy) is 3. The van der Waals surface area contributed by atoms with Gasteiger partial charge in [0.15, 0.2) is 23.9 Å². The molecule has 7 nitrogen and oxygen atoms in total. The average molecular weight is 478 g/mol. The molecule has 0 bridgehead atoms. The van der Waals surface area contributed by atoms with Crippen LogP contribution in [-0.4, -0.2) is 32.6 Å². The summed E-state index contributed by atoms with van der Waals surface area (Å²) >= 11 is 15.1. The summed E-state index contributed by atoms with van der Waals surface area (Å²) in [5.41, 5.74) is 4.80. The van der Waals surface area contributed by atoms with Gasteiger partial charge in [-0.15, -0.1) is 0 Å². The van der Waals surface area contributed by atoms with Gasteiger partial charge in [-0.3, -0.25) is 20.4 Å². The predicted molar refractivity (Wildman–Crippen MR) is 105 cm³/mol. The molecule has 2 N–H and O–H groups in total. The van der Waals surface area contributed by atoms with E-state index in [2.05, 4.69) is 26.8 Å². The predicted octanol–water partition coefficient (Wildman–Crippen LogP) is 3.61. The van der Waals surface area contributed by atoms with Crippen LogP contribution in [0.3, 0.4) is 0 Å². The van der Waals surface area contributed by atoms with Gasteiger partial charge >= 0.3 is 0 Å². The maximum absolute atomic E-state index is 12.1. The van der Waals surface area contributed by atoms with Gasteiger partial charge in [-0.2, -0.15) is 0 Å². The summed E-state index contributed by atoms with van der Waals surface area (Å²) in [5, 5.41) is 0.669. The van der Waals surface area contributed by atoms with Gasteiger partial charge in [-0.05, 0) is 46.3 Å². The molecule has 0 radical (unpaired) electrons. The molecule has 0 saturated carbocycles. The number of hydrogen-bond acceptors (Lipinski definition) is 5. The zero-order valence-electron chi connectivity index (χ0n) is 14.3. The van der Waals surface area contributed by atoms with Crippen molar-refractivity contribution in [3.05, 3.63) is 50.4 Å². The molecule has 10 heteroatoms. The average Bonchev–Trinajstić information content (AvgIpc) is 2.64. The monoisotopic (exact) mass is 476 g/mol. The number of methoxy groups -OCH3 is 2. The number of benzene rings is 2. The van der Waals surface area contributed by atoms with E-state index in [1.54, 1.807) is 12.1 Å². The minimum absolute atomic E-state index is 0.247. The van der Waals surface area contributed by atoms with Crippen molar-refractivity contribution >= 4 is 50.9 Å².